The van der Waals surface area contributed by atoms with Gasteiger partial charge < -0.3 is 15.0 Å². The molecule has 0 aliphatic carbocycles. The van der Waals surface area contributed by atoms with Crippen molar-refractivity contribution < 1.29 is 23.5 Å². The summed E-state index contributed by atoms with van der Waals surface area (Å²) in [7, 11) is 0. The minimum atomic E-state index is -1.31. The Balaban J connectivity index is 1.65. The highest BCUT2D eigenvalue weighted by atomic mass is 32.2. The lowest BCUT2D eigenvalue weighted by molar-refractivity contribution is -0.133. The molecule has 1 aliphatic heterocycles. The molecule has 0 spiro atoms. The van der Waals surface area contributed by atoms with Gasteiger partial charge in [-0.25, -0.2) is 9.18 Å². The molecular formula is C26H27FN4O4S. The van der Waals surface area contributed by atoms with Crippen LogP contribution >= 0.6 is 11.8 Å². The van der Waals surface area contributed by atoms with Crippen LogP contribution < -0.4 is 5.32 Å². The van der Waals surface area contributed by atoms with E-state index in [2.05, 4.69) is 10.4 Å². The molecule has 1 aliphatic rings. The van der Waals surface area contributed by atoms with E-state index < -0.39 is 17.4 Å². The quantitative estimate of drug-likeness (QED) is 0.367. The lowest BCUT2D eigenvalue weighted by Gasteiger charge is -2.43. The summed E-state index contributed by atoms with van der Waals surface area (Å²) in [5.74, 6) is -1.80. The van der Waals surface area contributed by atoms with Gasteiger partial charge in [-0.15, -0.1) is 11.8 Å². The van der Waals surface area contributed by atoms with Crippen molar-refractivity contribution in [3.63, 3.8) is 0 Å². The van der Waals surface area contributed by atoms with E-state index in [1.165, 1.54) is 27.8 Å². The number of ether oxygens (including phenoxy) is 1. The van der Waals surface area contributed by atoms with E-state index in [9.17, 15) is 18.8 Å². The Kier molecular flexibility index (Phi) is 7.44. The number of halogens is 1. The summed E-state index contributed by atoms with van der Waals surface area (Å²) in [6.45, 7) is 3.94. The van der Waals surface area contributed by atoms with E-state index in [0.29, 0.717) is 0 Å². The summed E-state index contributed by atoms with van der Waals surface area (Å²) in [6.07, 6.45) is 1.98. The molecule has 0 saturated heterocycles. The molecule has 36 heavy (non-hydrogen) atoms. The van der Waals surface area contributed by atoms with E-state index in [-0.39, 0.29) is 49.4 Å². The number of amides is 2. The molecule has 3 aromatic rings. The minimum Gasteiger partial charge on any atom is -0.461 e. The maximum Gasteiger partial charge on any atom is 0.358 e. The van der Waals surface area contributed by atoms with Gasteiger partial charge in [0.2, 0.25) is 5.91 Å². The van der Waals surface area contributed by atoms with Gasteiger partial charge in [-0.3, -0.25) is 14.3 Å². The smallest absolute Gasteiger partial charge is 0.358 e. The number of nitrogens with zero attached hydrogens (tertiary/aromatic N) is 3. The third-order valence-corrected chi connectivity index (χ3v) is 6.88. The van der Waals surface area contributed by atoms with E-state index >= 15 is 0 Å². The largest absolute Gasteiger partial charge is 0.461 e. The predicted octanol–water partition coefficient (Wildman–Crippen LogP) is 3.65. The molecule has 1 aromatic heterocycles. The summed E-state index contributed by atoms with van der Waals surface area (Å²) in [5.41, 5.74) is 0.500. The molecule has 0 radical (unpaired) electrons. The highest BCUT2D eigenvalue weighted by Crippen LogP contribution is 2.30. The highest BCUT2D eigenvalue weighted by molar-refractivity contribution is 7.98. The maximum absolute atomic E-state index is 13.7. The van der Waals surface area contributed by atoms with Gasteiger partial charge in [0.05, 0.1) is 13.2 Å². The van der Waals surface area contributed by atoms with Gasteiger partial charge in [-0.05, 0) is 55.5 Å². The van der Waals surface area contributed by atoms with Crippen molar-refractivity contribution in [2.75, 3.05) is 12.9 Å². The van der Waals surface area contributed by atoms with Crippen LogP contribution in [0.1, 0.15) is 46.0 Å². The number of carbonyl (C=O) groups excluding carboxylic acids is 3. The average molecular weight is 511 g/mol. The first-order valence-corrected chi connectivity index (χ1v) is 12.7. The SMILES string of the molecule is CCOC(=O)c1cc2n(n1)C[C@](C)(C(=O)NCc1ccc(F)cc1)N(Cc1ccc(SC)cc1)C2=O. The summed E-state index contributed by atoms with van der Waals surface area (Å²) in [4.78, 5) is 42.0. The molecule has 2 heterocycles. The number of carbonyl (C=O) groups is 3. The van der Waals surface area contributed by atoms with Crippen molar-refractivity contribution in [1.29, 1.82) is 0 Å². The van der Waals surface area contributed by atoms with Crippen LogP contribution in [0.25, 0.3) is 0 Å². The van der Waals surface area contributed by atoms with E-state index in [4.69, 9.17) is 4.74 Å². The lowest BCUT2D eigenvalue weighted by atomic mass is 9.94. The van der Waals surface area contributed by atoms with E-state index in [1.807, 2.05) is 30.5 Å². The van der Waals surface area contributed by atoms with Crippen molar-refractivity contribution in [3.05, 3.63) is 82.9 Å². The normalized spacial score (nSPS) is 17.0. The van der Waals surface area contributed by atoms with Crippen LogP contribution in [0.15, 0.2) is 59.5 Å². The van der Waals surface area contributed by atoms with Crippen molar-refractivity contribution in [1.82, 2.24) is 20.0 Å². The van der Waals surface area contributed by atoms with Crippen LogP contribution in [0.2, 0.25) is 0 Å². The molecule has 0 unspecified atom stereocenters. The molecule has 1 atom stereocenters. The summed E-state index contributed by atoms with van der Waals surface area (Å²) >= 11 is 1.61. The number of fused-ring (bicyclic) bond motifs is 1. The fourth-order valence-electron chi connectivity index (χ4n) is 4.08. The molecule has 0 fully saturated rings. The van der Waals surface area contributed by atoms with Crippen LogP contribution in [0.3, 0.4) is 0 Å². The Bertz CT molecular complexity index is 1280. The predicted molar refractivity (Wildman–Crippen MR) is 133 cm³/mol. The first-order valence-electron chi connectivity index (χ1n) is 11.5. The van der Waals surface area contributed by atoms with Gasteiger partial charge in [0.25, 0.3) is 5.91 Å². The van der Waals surface area contributed by atoms with Crippen molar-refractivity contribution in [2.45, 2.75) is 43.9 Å². The fraction of sp³-hybridized carbons (Fsp3) is 0.308. The van der Waals surface area contributed by atoms with Gasteiger partial charge in [-0.2, -0.15) is 5.10 Å². The third kappa shape index (κ3) is 5.13. The number of aromatic nitrogens is 2. The van der Waals surface area contributed by atoms with Crippen molar-refractivity contribution in [2.24, 2.45) is 0 Å². The molecule has 2 amide bonds. The van der Waals surface area contributed by atoms with Crippen molar-refractivity contribution >= 4 is 29.5 Å². The van der Waals surface area contributed by atoms with Gasteiger partial charge in [-0.1, -0.05) is 24.3 Å². The second-order valence-corrected chi connectivity index (χ2v) is 9.49. The Morgan fingerprint density at radius 3 is 2.44 bits per heavy atom. The second kappa shape index (κ2) is 10.5. The first kappa shape index (κ1) is 25.4. The van der Waals surface area contributed by atoms with Crippen LogP contribution in [0.5, 0.6) is 0 Å². The Labute approximate surface area is 212 Å². The number of benzene rings is 2. The average Bonchev–Trinajstić information content (AvgIpc) is 3.30. The molecule has 0 saturated carbocycles. The van der Waals surface area contributed by atoms with Crippen LogP contribution in [0, 0.1) is 5.82 Å². The fourth-order valence-corrected chi connectivity index (χ4v) is 4.49. The third-order valence-electron chi connectivity index (χ3n) is 6.14. The van der Waals surface area contributed by atoms with Gasteiger partial charge in [0, 0.05) is 24.1 Å². The highest BCUT2D eigenvalue weighted by Gasteiger charge is 2.48. The number of hydrogen-bond acceptors (Lipinski definition) is 6. The zero-order valence-electron chi connectivity index (χ0n) is 20.3. The molecule has 188 valence electrons. The molecular weight excluding hydrogens is 483 g/mol. The molecule has 4 rings (SSSR count). The van der Waals surface area contributed by atoms with Gasteiger partial charge >= 0.3 is 5.97 Å². The minimum absolute atomic E-state index is 0.0143. The maximum atomic E-state index is 13.7. The Morgan fingerprint density at radius 1 is 1.14 bits per heavy atom. The zero-order valence-corrected chi connectivity index (χ0v) is 21.1. The zero-order chi connectivity index (χ0) is 25.9. The van der Waals surface area contributed by atoms with Crippen LogP contribution in [-0.2, 0) is 29.2 Å². The summed E-state index contributed by atoms with van der Waals surface area (Å²) in [6, 6.07) is 15.0. The topological polar surface area (TPSA) is 93.5 Å². The van der Waals surface area contributed by atoms with E-state index in [0.717, 1.165) is 16.0 Å². The molecule has 2 aromatic carbocycles. The molecule has 8 nitrogen and oxygen atoms in total. The summed E-state index contributed by atoms with van der Waals surface area (Å²) < 4.78 is 19.7. The lowest BCUT2D eigenvalue weighted by Crippen LogP contribution is -2.63. The number of rotatable bonds is 8. The Morgan fingerprint density at radius 2 is 1.81 bits per heavy atom. The second-order valence-electron chi connectivity index (χ2n) is 8.62. The summed E-state index contributed by atoms with van der Waals surface area (Å²) in [5, 5.41) is 7.13. The number of esters is 1. The number of thioether (sulfide) groups is 1. The van der Waals surface area contributed by atoms with Gasteiger partial charge in [0.15, 0.2) is 5.69 Å². The molecule has 1 N–H and O–H groups in total. The van der Waals surface area contributed by atoms with Gasteiger partial charge in [0.1, 0.15) is 17.1 Å². The Hall–Kier alpha value is -3.66. The number of hydrogen-bond donors (Lipinski definition) is 1. The number of nitrogens with one attached hydrogen (secondary N) is 1. The monoisotopic (exact) mass is 510 g/mol. The standard InChI is InChI=1S/C26H27FN4O4S/c1-4-35-24(33)21-13-22-23(32)30(15-18-7-11-20(36-3)12-8-18)26(2,16-31(22)29-21)25(34)28-14-17-5-9-19(27)10-6-17/h5-13H,4,14-16H2,1-3H3,(H,28,34)/t26-/m1/s1. The molecule has 10 heteroatoms. The van der Waals surface area contributed by atoms with Crippen LogP contribution in [-0.4, -0.2) is 50.9 Å². The van der Waals surface area contributed by atoms with Crippen LogP contribution in [0.4, 0.5) is 4.39 Å². The first-order chi connectivity index (χ1) is 17.2. The van der Waals surface area contributed by atoms with Crippen molar-refractivity contribution in [3.8, 4) is 0 Å². The van der Waals surface area contributed by atoms with E-state index in [1.54, 1.807) is 37.7 Å². The molecule has 0 bridgehead atoms.